The number of rotatable bonds is 5. The van der Waals surface area contributed by atoms with E-state index in [9.17, 15) is 26.9 Å². The molecule has 3 aromatic rings. The largest absolute Gasteiger partial charge is 0.406 e. The quantitative estimate of drug-likeness (QED) is 0.522. The van der Waals surface area contributed by atoms with Crippen LogP contribution in [-0.2, 0) is 21.8 Å². The fraction of sp³-hybridized carbons (Fsp3) is 0.400. The minimum atomic E-state index is -4.40. The van der Waals surface area contributed by atoms with Crippen LogP contribution in [0.4, 0.5) is 18.9 Å². The number of nitrogens with one attached hydrogen (secondary N) is 1. The van der Waals surface area contributed by atoms with Gasteiger partial charge in [-0.15, -0.1) is 0 Å². The number of hydrogen-bond donors (Lipinski definition) is 1. The molecule has 0 amide bonds. The lowest BCUT2D eigenvalue weighted by Gasteiger charge is -2.24. The zero-order chi connectivity index (χ0) is 24.1. The first-order valence-corrected chi connectivity index (χ1v) is 13.1. The second kappa shape index (κ2) is 8.05. The van der Waals surface area contributed by atoms with E-state index < -0.39 is 28.0 Å². The smallest absolute Gasteiger partial charge is 0.382 e. The van der Waals surface area contributed by atoms with Gasteiger partial charge in [0.25, 0.3) is 0 Å². The van der Waals surface area contributed by atoms with Crippen LogP contribution in [0.1, 0.15) is 31.2 Å². The Hall–Kier alpha value is -2.99. The Morgan fingerprint density at radius 2 is 1.76 bits per heavy atom. The molecule has 2 fully saturated rings. The van der Waals surface area contributed by atoms with Crippen molar-refractivity contribution in [2.45, 2.75) is 49.9 Å². The van der Waals surface area contributed by atoms with Gasteiger partial charge in [-0.25, -0.2) is 8.42 Å². The van der Waals surface area contributed by atoms with Gasteiger partial charge in [0.2, 0.25) is 0 Å². The van der Waals surface area contributed by atoms with E-state index in [2.05, 4.69) is 11.4 Å². The molecular formula is C25H24F3N3O2S. The van der Waals surface area contributed by atoms with Crippen LogP contribution in [0.3, 0.4) is 0 Å². The molecular weight excluding hydrogens is 463 g/mol. The van der Waals surface area contributed by atoms with E-state index in [1.807, 2.05) is 18.2 Å². The SMILES string of the molecule is N#CC1(c2ccc(-c3cc4c(NC5CCS(=O)(=O)CC5)cccc4n3CC(F)(F)F)cc2)CC1. The second-order valence-corrected chi connectivity index (χ2v) is 11.6. The van der Waals surface area contributed by atoms with Crippen LogP contribution in [0.15, 0.2) is 48.5 Å². The van der Waals surface area contributed by atoms with Crippen LogP contribution < -0.4 is 5.32 Å². The molecule has 2 aliphatic rings. The van der Waals surface area contributed by atoms with Crippen molar-refractivity contribution in [3.8, 4) is 17.3 Å². The molecule has 9 heteroatoms. The molecule has 0 unspecified atom stereocenters. The number of alkyl halides is 3. The van der Waals surface area contributed by atoms with Gasteiger partial charge in [0.15, 0.2) is 0 Å². The van der Waals surface area contributed by atoms with Gasteiger partial charge in [-0.3, -0.25) is 0 Å². The van der Waals surface area contributed by atoms with Gasteiger partial charge in [-0.2, -0.15) is 18.4 Å². The van der Waals surface area contributed by atoms with Gasteiger partial charge in [0.1, 0.15) is 16.4 Å². The van der Waals surface area contributed by atoms with E-state index >= 15 is 0 Å². The standard InChI is InChI=1S/C25H24F3N3O2S/c26-25(27,28)16-31-22-3-1-2-21(30-19-8-12-34(32,33)13-9-19)20(22)14-23(31)17-4-6-18(7-5-17)24(15-29)10-11-24/h1-7,14,19,30H,8-13,16H2. The lowest BCUT2D eigenvalue weighted by Crippen LogP contribution is -2.32. The van der Waals surface area contributed by atoms with Crippen LogP contribution in [0.25, 0.3) is 22.2 Å². The van der Waals surface area contributed by atoms with Crippen molar-refractivity contribution in [2.24, 2.45) is 0 Å². The summed E-state index contributed by atoms with van der Waals surface area (Å²) in [6.45, 7) is -1.12. The monoisotopic (exact) mass is 487 g/mol. The number of hydrogen-bond acceptors (Lipinski definition) is 4. The molecule has 2 heterocycles. The third-order valence-electron chi connectivity index (χ3n) is 6.89. The summed E-state index contributed by atoms with van der Waals surface area (Å²) in [5.74, 6) is 0.217. The Kier molecular flexibility index (Phi) is 5.40. The predicted octanol–water partition coefficient (Wildman–Crippen LogP) is 5.41. The third kappa shape index (κ3) is 4.39. The van der Waals surface area contributed by atoms with Crippen LogP contribution >= 0.6 is 0 Å². The van der Waals surface area contributed by atoms with Crippen molar-refractivity contribution in [1.82, 2.24) is 4.57 Å². The van der Waals surface area contributed by atoms with Gasteiger partial charge < -0.3 is 9.88 Å². The number of halogens is 3. The number of aromatic nitrogens is 1. The topological polar surface area (TPSA) is 74.9 Å². The summed E-state index contributed by atoms with van der Waals surface area (Å²) in [7, 11) is -3.01. The number of anilines is 1. The second-order valence-electron chi connectivity index (χ2n) is 9.31. The Balaban J connectivity index is 1.54. The normalized spacial score (nSPS) is 19.6. The highest BCUT2D eigenvalue weighted by Crippen LogP contribution is 2.48. The van der Waals surface area contributed by atoms with Crippen molar-refractivity contribution in [2.75, 3.05) is 16.8 Å². The first kappa shape index (κ1) is 22.8. The fourth-order valence-corrected chi connectivity index (χ4v) is 6.29. The van der Waals surface area contributed by atoms with E-state index in [1.54, 1.807) is 30.3 Å². The number of sulfone groups is 1. The number of benzene rings is 2. The molecule has 0 radical (unpaired) electrons. The van der Waals surface area contributed by atoms with E-state index in [0.29, 0.717) is 40.7 Å². The molecule has 0 atom stereocenters. The lowest BCUT2D eigenvalue weighted by molar-refractivity contribution is -0.139. The van der Waals surface area contributed by atoms with Gasteiger partial charge in [-0.1, -0.05) is 30.3 Å². The van der Waals surface area contributed by atoms with E-state index in [-0.39, 0.29) is 17.5 Å². The molecule has 1 aliphatic carbocycles. The van der Waals surface area contributed by atoms with Gasteiger partial charge in [0.05, 0.1) is 28.5 Å². The van der Waals surface area contributed by atoms with Gasteiger partial charge in [-0.05, 0) is 55.0 Å². The van der Waals surface area contributed by atoms with E-state index in [4.69, 9.17) is 0 Å². The van der Waals surface area contributed by atoms with Crippen molar-refractivity contribution >= 4 is 26.4 Å². The average Bonchev–Trinajstić information content (AvgIpc) is 3.51. The summed E-state index contributed by atoms with van der Waals surface area (Å²) in [6.07, 6.45) is -1.86. The molecule has 2 aromatic carbocycles. The minimum absolute atomic E-state index is 0.0523. The number of nitriles is 1. The molecule has 1 aliphatic heterocycles. The zero-order valence-corrected chi connectivity index (χ0v) is 19.2. The summed E-state index contributed by atoms with van der Waals surface area (Å²) < 4.78 is 65.4. The van der Waals surface area contributed by atoms with Gasteiger partial charge in [0, 0.05) is 22.8 Å². The first-order valence-electron chi connectivity index (χ1n) is 11.3. The molecule has 0 bridgehead atoms. The average molecular weight is 488 g/mol. The van der Waals surface area contributed by atoms with Crippen molar-refractivity contribution in [3.63, 3.8) is 0 Å². The molecule has 1 aromatic heterocycles. The Morgan fingerprint density at radius 3 is 2.35 bits per heavy atom. The van der Waals surface area contributed by atoms with Crippen molar-refractivity contribution < 1.29 is 21.6 Å². The Morgan fingerprint density at radius 1 is 1.09 bits per heavy atom. The number of nitrogens with zero attached hydrogens (tertiary/aromatic N) is 2. The van der Waals surface area contributed by atoms with Crippen LogP contribution in [0.2, 0.25) is 0 Å². The molecule has 0 spiro atoms. The molecule has 5 rings (SSSR count). The number of fused-ring (bicyclic) bond motifs is 1. The van der Waals surface area contributed by atoms with E-state index in [0.717, 1.165) is 18.4 Å². The highest BCUT2D eigenvalue weighted by Gasteiger charge is 2.44. The maximum Gasteiger partial charge on any atom is 0.406 e. The third-order valence-corrected chi connectivity index (χ3v) is 8.61. The van der Waals surface area contributed by atoms with Crippen LogP contribution in [0.5, 0.6) is 0 Å². The van der Waals surface area contributed by atoms with E-state index in [1.165, 1.54) is 4.57 Å². The molecule has 5 nitrogen and oxygen atoms in total. The highest BCUT2D eigenvalue weighted by molar-refractivity contribution is 7.91. The van der Waals surface area contributed by atoms with Crippen LogP contribution in [0, 0.1) is 11.3 Å². The molecule has 34 heavy (non-hydrogen) atoms. The zero-order valence-electron chi connectivity index (χ0n) is 18.4. The van der Waals surface area contributed by atoms with Gasteiger partial charge >= 0.3 is 6.18 Å². The summed E-state index contributed by atoms with van der Waals surface area (Å²) in [5.41, 5.74) is 2.69. The van der Waals surface area contributed by atoms with Crippen LogP contribution in [-0.4, -0.2) is 36.7 Å². The highest BCUT2D eigenvalue weighted by atomic mass is 32.2. The van der Waals surface area contributed by atoms with Crippen molar-refractivity contribution in [3.05, 3.63) is 54.1 Å². The summed E-state index contributed by atoms with van der Waals surface area (Å²) in [4.78, 5) is 0. The summed E-state index contributed by atoms with van der Waals surface area (Å²) in [5, 5.41) is 13.5. The maximum atomic E-state index is 13.5. The molecule has 1 saturated heterocycles. The first-order chi connectivity index (χ1) is 16.1. The fourth-order valence-electron chi connectivity index (χ4n) is 4.80. The summed E-state index contributed by atoms with van der Waals surface area (Å²) in [6, 6.07) is 16.5. The lowest BCUT2D eigenvalue weighted by atomic mass is 9.96. The predicted molar refractivity (Wildman–Crippen MR) is 125 cm³/mol. The molecule has 1 saturated carbocycles. The Bertz CT molecular complexity index is 1370. The molecule has 178 valence electrons. The Labute approximate surface area is 196 Å². The molecule has 1 N–H and O–H groups in total. The van der Waals surface area contributed by atoms with Crippen molar-refractivity contribution in [1.29, 1.82) is 5.26 Å². The minimum Gasteiger partial charge on any atom is -0.382 e. The summed E-state index contributed by atoms with van der Waals surface area (Å²) >= 11 is 0. The maximum absolute atomic E-state index is 13.5.